The van der Waals surface area contributed by atoms with Crippen molar-refractivity contribution in [1.29, 1.82) is 0 Å². The van der Waals surface area contributed by atoms with E-state index in [9.17, 15) is 19.7 Å². The van der Waals surface area contributed by atoms with Gasteiger partial charge in [-0.25, -0.2) is 4.79 Å². The van der Waals surface area contributed by atoms with Gasteiger partial charge in [0.15, 0.2) is 12.1 Å². The van der Waals surface area contributed by atoms with E-state index >= 15 is 0 Å². The van der Waals surface area contributed by atoms with Gasteiger partial charge in [-0.15, -0.1) is 0 Å². The van der Waals surface area contributed by atoms with Crippen molar-refractivity contribution in [3.05, 3.63) is 82.4 Å². The lowest BCUT2D eigenvalue weighted by atomic mass is 10.00. The van der Waals surface area contributed by atoms with Crippen LogP contribution in [0.15, 0.2) is 71.7 Å². The molecular formula is C23H21N3O6S. The van der Waals surface area contributed by atoms with Crippen molar-refractivity contribution in [2.75, 3.05) is 6.61 Å². The fourth-order valence-corrected chi connectivity index (χ4v) is 4.77. The maximum absolute atomic E-state index is 12.8. The van der Waals surface area contributed by atoms with E-state index in [1.165, 1.54) is 40.9 Å². The Bertz CT molecular complexity index is 1120. The molecular weight excluding hydrogens is 446 g/mol. The predicted molar refractivity (Wildman–Crippen MR) is 123 cm³/mol. The molecule has 1 saturated heterocycles. The second-order valence-electron chi connectivity index (χ2n) is 7.60. The number of aliphatic imine (C=N–C) groups is 1. The normalized spacial score (nSPS) is 19.7. The number of carbonyl (C=O) groups excluding carboxylic acids is 2. The standard InChI is InChI=1S/C23H21N3O6S/c1-14(2)20(23(28)32-12-15-8-10-16(11-9-15)26(29)30)25-21(27)19-22(25)33-18(24-19)13-31-17-6-4-3-5-7-17/h3-11,19-20,22H,1,12-13H2,2H3. The van der Waals surface area contributed by atoms with Gasteiger partial charge < -0.3 is 14.4 Å². The third-order valence-electron chi connectivity index (χ3n) is 5.19. The highest BCUT2D eigenvalue weighted by atomic mass is 32.2. The minimum atomic E-state index is -0.936. The number of nitro benzene ring substituents is 1. The number of thioether (sulfide) groups is 1. The van der Waals surface area contributed by atoms with Crippen LogP contribution in [0.1, 0.15) is 12.5 Å². The van der Waals surface area contributed by atoms with Gasteiger partial charge >= 0.3 is 5.97 Å². The summed E-state index contributed by atoms with van der Waals surface area (Å²) in [6.45, 7) is 5.70. The zero-order valence-electron chi connectivity index (χ0n) is 17.7. The molecule has 2 aromatic rings. The molecule has 0 spiro atoms. The Morgan fingerprint density at radius 1 is 1.21 bits per heavy atom. The van der Waals surface area contributed by atoms with Gasteiger partial charge in [-0.1, -0.05) is 36.5 Å². The zero-order chi connectivity index (χ0) is 23.5. The van der Waals surface area contributed by atoms with E-state index in [1.807, 2.05) is 30.3 Å². The highest BCUT2D eigenvalue weighted by Crippen LogP contribution is 2.41. The first-order chi connectivity index (χ1) is 15.8. The lowest BCUT2D eigenvalue weighted by Gasteiger charge is -2.45. The van der Waals surface area contributed by atoms with Gasteiger partial charge in [-0.05, 0) is 42.3 Å². The Morgan fingerprint density at radius 3 is 2.55 bits per heavy atom. The average molecular weight is 468 g/mol. The molecule has 1 amide bonds. The quantitative estimate of drug-likeness (QED) is 0.183. The second kappa shape index (κ2) is 9.45. The number of non-ortho nitro benzene ring substituents is 1. The molecule has 4 rings (SSSR count). The molecule has 0 aromatic heterocycles. The summed E-state index contributed by atoms with van der Waals surface area (Å²) in [5.41, 5.74) is 1.03. The van der Waals surface area contributed by atoms with Crippen molar-refractivity contribution in [2.45, 2.75) is 31.0 Å². The Morgan fingerprint density at radius 2 is 1.91 bits per heavy atom. The summed E-state index contributed by atoms with van der Waals surface area (Å²) in [6.07, 6.45) is 0. The molecule has 10 heteroatoms. The highest BCUT2D eigenvalue weighted by molar-refractivity contribution is 8.15. The summed E-state index contributed by atoms with van der Waals surface area (Å²) >= 11 is 1.39. The summed E-state index contributed by atoms with van der Waals surface area (Å²) in [7, 11) is 0. The van der Waals surface area contributed by atoms with Crippen LogP contribution in [0.5, 0.6) is 5.75 Å². The van der Waals surface area contributed by atoms with Crippen LogP contribution in [-0.2, 0) is 20.9 Å². The minimum absolute atomic E-state index is 0.0487. The summed E-state index contributed by atoms with van der Waals surface area (Å²) in [4.78, 5) is 41.7. The number of para-hydroxylation sites is 1. The van der Waals surface area contributed by atoms with E-state index in [-0.39, 0.29) is 30.2 Å². The highest BCUT2D eigenvalue weighted by Gasteiger charge is 2.56. The fraction of sp³-hybridized carbons (Fsp3) is 0.261. The maximum Gasteiger partial charge on any atom is 0.333 e. The van der Waals surface area contributed by atoms with Gasteiger partial charge in [-0.3, -0.25) is 19.9 Å². The molecule has 0 aliphatic carbocycles. The topological polar surface area (TPSA) is 111 Å². The molecule has 33 heavy (non-hydrogen) atoms. The van der Waals surface area contributed by atoms with Crippen LogP contribution in [0, 0.1) is 10.1 Å². The van der Waals surface area contributed by atoms with Gasteiger partial charge in [-0.2, -0.15) is 0 Å². The largest absolute Gasteiger partial charge is 0.487 e. The van der Waals surface area contributed by atoms with E-state index in [2.05, 4.69) is 11.6 Å². The van der Waals surface area contributed by atoms with Crippen molar-refractivity contribution in [2.24, 2.45) is 4.99 Å². The minimum Gasteiger partial charge on any atom is -0.487 e. The van der Waals surface area contributed by atoms with E-state index in [1.54, 1.807) is 6.92 Å². The number of benzene rings is 2. The van der Waals surface area contributed by atoms with Gasteiger partial charge in [0.1, 0.15) is 29.4 Å². The molecule has 3 unspecified atom stereocenters. The van der Waals surface area contributed by atoms with E-state index < -0.39 is 23.0 Å². The number of likely N-dealkylation sites (tertiary alicyclic amines) is 1. The monoisotopic (exact) mass is 467 g/mol. The van der Waals surface area contributed by atoms with E-state index in [0.29, 0.717) is 21.9 Å². The number of β-lactam (4-membered cyclic amide) rings is 1. The lowest BCUT2D eigenvalue weighted by molar-refractivity contribution is -0.384. The number of esters is 1. The first kappa shape index (κ1) is 22.5. The Labute approximate surface area is 194 Å². The number of nitro groups is 1. The number of rotatable bonds is 9. The number of carbonyl (C=O) groups is 2. The van der Waals surface area contributed by atoms with Crippen molar-refractivity contribution < 1.29 is 24.0 Å². The number of hydrogen-bond donors (Lipinski definition) is 0. The maximum atomic E-state index is 12.8. The smallest absolute Gasteiger partial charge is 0.333 e. The first-order valence-electron chi connectivity index (χ1n) is 10.1. The molecule has 3 atom stereocenters. The average Bonchev–Trinajstić information content (AvgIpc) is 3.19. The van der Waals surface area contributed by atoms with Crippen molar-refractivity contribution in [3.63, 3.8) is 0 Å². The van der Waals surface area contributed by atoms with Gasteiger partial charge in [0.25, 0.3) is 11.6 Å². The summed E-state index contributed by atoms with van der Waals surface area (Å²) in [5.74, 6) is -0.164. The third-order valence-corrected chi connectivity index (χ3v) is 6.42. The molecule has 0 saturated carbocycles. The van der Waals surface area contributed by atoms with Crippen LogP contribution in [-0.4, -0.2) is 50.8 Å². The molecule has 2 aliphatic rings. The summed E-state index contributed by atoms with van der Waals surface area (Å²) in [6, 6.07) is 13.5. The van der Waals surface area contributed by atoms with Crippen LogP contribution in [0.25, 0.3) is 0 Å². The number of ether oxygens (including phenoxy) is 2. The summed E-state index contributed by atoms with van der Waals surface area (Å²) < 4.78 is 11.1. The van der Waals surface area contributed by atoms with Crippen LogP contribution in [0.4, 0.5) is 5.69 Å². The molecule has 0 bridgehead atoms. The van der Waals surface area contributed by atoms with E-state index in [4.69, 9.17) is 9.47 Å². The molecule has 170 valence electrons. The molecule has 2 aliphatic heterocycles. The predicted octanol–water partition coefficient (Wildman–Crippen LogP) is 3.34. The Kier molecular flexibility index (Phi) is 6.45. The molecule has 2 aromatic carbocycles. The SMILES string of the molecule is C=C(C)C(C(=O)OCc1ccc([N+](=O)[O-])cc1)N1C(=O)C2N=C(COc3ccccc3)SC21. The van der Waals surface area contributed by atoms with Crippen LogP contribution >= 0.6 is 11.8 Å². The number of nitrogens with zero attached hydrogens (tertiary/aromatic N) is 3. The number of fused-ring (bicyclic) bond motifs is 1. The van der Waals surface area contributed by atoms with Gasteiger partial charge in [0, 0.05) is 12.1 Å². The van der Waals surface area contributed by atoms with Crippen molar-refractivity contribution in [1.82, 2.24) is 4.90 Å². The number of amides is 1. The van der Waals surface area contributed by atoms with Crippen LogP contribution in [0.2, 0.25) is 0 Å². The Balaban J connectivity index is 1.36. The fourth-order valence-electron chi connectivity index (χ4n) is 3.54. The van der Waals surface area contributed by atoms with Crippen molar-refractivity contribution >= 4 is 34.4 Å². The summed E-state index contributed by atoms with van der Waals surface area (Å²) in [5, 5.41) is 11.1. The lowest BCUT2D eigenvalue weighted by Crippen LogP contribution is -2.66. The van der Waals surface area contributed by atoms with Crippen LogP contribution < -0.4 is 4.74 Å². The van der Waals surface area contributed by atoms with Crippen molar-refractivity contribution in [3.8, 4) is 5.75 Å². The molecule has 1 fully saturated rings. The first-order valence-corrected chi connectivity index (χ1v) is 11.0. The molecule has 2 heterocycles. The second-order valence-corrected chi connectivity index (χ2v) is 8.79. The molecule has 0 radical (unpaired) electrons. The van der Waals surface area contributed by atoms with E-state index in [0.717, 1.165) is 0 Å². The number of hydrogen-bond acceptors (Lipinski definition) is 8. The molecule has 9 nitrogen and oxygen atoms in total. The third kappa shape index (κ3) is 4.75. The Hall–Kier alpha value is -3.66. The van der Waals surface area contributed by atoms with Crippen LogP contribution in [0.3, 0.4) is 0 Å². The molecule has 0 N–H and O–H groups in total. The zero-order valence-corrected chi connectivity index (χ0v) is 18.6. The van der Waals surface area contributed by atoms with Gasteiger partial charge in [0.2, 0.25) is 0 Å². The van der Waals surface area contributed by atoms with Gasteiger partial charge in [0.05, 0.1) is 4.92 Å².